The molecule has 0 saturated carbocycles. The molecule has 10 heteroatoms. The zero-order chi connectivity index (χ0) is 21.7. The van der Waals surface area contributed by atoms with Gasteiger partial charge in [0.15, 0.2) is 0 Å². The van der Waals surface area contributed by atoms with Gasteiger partial charge in [-0.2, -0.15) is 0 Å². The lowest BCUT2D eigenvalue weighted by Crippen LogP contribution is -2.58. The molecule has 1 atom stereocenters. The Morgan fingerprint density at radius 2 is 2.03 bits per heavy atom. The maximum atomic E-state index is 12.7. The van der Waals surface area contributed by atoms with Gasteiger partial charge in [0.25, 0.3) is 5.91 Å². The number of esters is 1. The molecular formula is C19H28N4O5S. The van der Waals surface area contributed by atoms with Gasteiger partial charge in [-0.25, -0.2) is 4.79 Å². The van der Waals surface area contributed by atoms with Gasteiger partial charge in [0.1, 0.15) is 5.00 Å². The van der Waals surface area contributed by atoms with E-state index >= 15 is 0 Å². The number of nitrogens with one attached hydrogen (secondary N) is 3. The summed E-state index contributed by atoms with van der Waals surface area (Å²) >= 11 is 1.03. The Hall–Kier alpha value is -2.46. The third-order valence-electron chi connectivity index (χ3n) is 4.65. The van der Waals surface area contributed by atoms with Crippen LogP contribution in [0, 0.1) is 12.8 Å². The lowest BCUT2D eigenvalue weighted by Gasteiger charge is -2.36. The number of hydrogen-bond donors (Lipinski definition) is 3. The van der Waals surface area contributed by atoms with Crippen LogP contribution in [0.5, 0.6) is 0 Å². The Morgan fingerprint density at radius 3 is 2.62 bits per heavy atom. The lowest BCUT2D eigenvalue weighted by atomic mass is 10.00. The number of anilines is 1. The summed E-state index contributed by atoms with van der Waals surface area (Å²) < 4.78 is 5.09. The maximum absolute atomic E-state index is 12.7. The van der Waals surface area contributed by atoms with Crippen molar-refractivity contribution >= 4 is 40.0 Å². The van der Waals surface area contributed by atoms with Crippen molar-refractivity contribution in [3.8, 4) is 0 Å². The molecule has 0 spiro atoms. The van der Waals surface area contributed by atoms with Gasteiger partial charge in [-0.1, -0.05) is 13.8 Å². The second-order valence-electron chi connectivity index (χ2n) is 7.06. The van der Waals surface area contributed by atoms with Crippen LogP contribution in [-0.4, -0.2) is 67.9 Å². The first-order chi connectivity index (χ1) is 13.7. The summed E-state index contributed by atoms with van der Waals surface area (Å²) in [6.07, 6.45) is 0. The lowest BCUT2D eigenvalue weighted by molar-refractivity contribution is -0.132. The van der Waals surface area contributed by atoms with Crippen molar-refractivity contribution in [3.05, 3.63) is 16.0 Å². The van der Waals surface area contributed by atoms with E-state index in [-0.39, 0.29) is 47.4 Å². The van der Waals surface area contributed by atoms with E-state index in [0.29, 0.717) is 23.5 Å². The second-order valence-corrected chi connectivity index (χ2v) is 8.08. The predicted octanol–water partition coefficient (Wildman–Crippen LogP) is 0.988. The van der Waals surface area contributed by atoms with E-state index in [0.717, 1.165) is 11.3 Å². The topological polar surface area (TPSA) is 117 Å². The van der Waals surface area contributed by atoms with Gasteiger partial charge in [-0.05, 0) is 25.3 Å². The van der Waals surface area contributed by atoms with Crippen molar-refractivity contribution in [2.45, 2.75) is 33.7 Å². The van der Waals surface area contributed by atoms with Gasteiger partial charge in [-0.15, -0.1) is 11.3 Å². The standard InChI is InChI=1S/C19H28N4O5S/c1-6-28-19(27)13-11(4)15(17(26)20-5)29-18(13)22-12(24)9-23-8-7-21-16(25)14(23)10(2)3/h10,14H,6-9H2,1-5H3,(H,20,26)(H,21,25)(H,22,24). The molecule has 1 aliphatic heterocycles. The fourth-order valence-electron chi connectivity index (χ4n) is 3.37. The predicted molar refractivity (Wildman–Crippen MR) is 110 cm³/mol. The van der Waals surface area contributed by atoms with Gasteiger partial charge in [0.05, 0.1) is 29.6 Å². The molecule has 1 fully saturated rings. The first-order valence-electron chi connectivity index (χ1n) is 9.55. The van der Waals surface area contributed by atoms with Crippen molar-refractivity contribution in [1.29, 1.82) is 0 Å². The summed E-state index contributed by atoms with van der Waals surface area (Å²) in [5.41, 5.74) is 0.640. The monoisotopic (exact) mass is 424 g/mol. The summed E-state index contributed by atoms with van der Waals surface area (Å²) in [6.45, 7) is 8.40. The second kappa shape index (κ2) is 9.84. The van der Waals surface area contributed by atoms with Gasteiger partial charge < -0.3 is 20.7 Å². The summed E-state index contributed by atoms with van der Waals surface area (Å²) in [5.74, 6) is -1.35. The van der Waals surface area contributed by atoms with E-state index in [2.05, 4.69) is 16.0 Å². The molecule has 1 aromatic heterocycles. The number of thiophene rings is 1. The molecule has 2 rings (SSSR count). The van der Waals surface area contributed by atoms with Gasteiger partial charge in [0.2, 0.25) is 11.8 Å². The zero-order valence-electron chi connectivity index (χ0n) is 17.4. The van der Waals surface area contributed by atoms with E-state index in [4.69, 9.17) is 4.74 Å². The molecule has 29 heavy (non-hydrogen) atoms. The quantitative estimate of drug-likeness (QED) is 0.562. The highest BCUT2D eigenvalue weighted by atomic mass is 32.1. The molecule has 1 aliphatic rings. The molecule has 1 saturated heterocycles. The Morgan fingerprint density at radius 1 is 1.34 bits per heavy atom. The smallest absolute Gasteiger partial charge is 0.341 e. The van der Waals surface area contributed by atoms with Crippen LogP contribution in [0.15, 0.2) is 0 Å². The van der Waals surface area contributed by atoms with Gasteiger partial charge in [-0.3, -0.25) is 19.3 Å². The number of ether oxygens (including phenoxy) is 1. The van der Waals surface area contributed by atoms with Crippen molar-refractivity contribution in [2.75, 3.05) is 38.6 Å². The highest BCUT2D eigenvalue weighted by molar-refractivity contribution is 7.18. The number of piperazine rings is 1. The first-order valence-corrected chi connectivity index (χ1v) is 10.4. The summed E-state index contributed by atoms with van der Waals surface area (Å²) in [6, 6.07) is -0.398. The van der Waals surface area contributed by atoms with Crippen LogP contribution in [0.2, 0.25) is 0 Å². The molecule has 0 bridgehead atoms. The normalized spacial score (nSPS) is 17.0. The summed E-state index contributed by atoms with van der Waals surface area (Å²) in [4.78, 5) is 51.6. The minimum atomic E-state index is -0.593. The summed E-state index contributed by atoms with van der Waals surface area (Å²) in [5, 5.41) is 8.36. The molecule has 0 aliphatic carbocycles. The largest absolute Gasteiger partial charge is 0.462 e. The Balaban J connectivity index is 2.25. The van der Waals surface area contributed by atoms with Crippen LogP contribution in [0.3, 0.4) is 0 Å². The number of carbonyl (C=O) groups excluding carboxylic acids is 4. The third-order valence-corrected chi connectivity index (χ3v) is 5.86. The van der Waals surface area contributed by atoms with Crippen LogP contribution < -0.4 is 16.0 Å². The van der Waals surface area contributed by atoms with E-state index in [1.807, 2.05) is 18.7 Å². The van der Waals surface area contributed by atoms with Crippen LogP contribution in [0.4, 0.5) is 5.00 Å². The fraction of sp³-hybridized carbons (Fsp3) is 0.579. The molecule has 0 aromatic carbocycles. The van der Waals surface area contributed by atoms with E-state index < -0.39 is 12.0 Å². The highest BCUT2D eigenvalue weighted by Crippen LogP contribution is 2.33. The number of hydrogen-bond acceptors (Lipinski definition) is 7. The van der Waals surface area contributed by atoms with E-state index in [1.54, 1.807) is 13.8 Å². The molecule has 0 radical (unpaired) electrons. The van der Waals surface area contributed by atoms with Crippen LogP contribution in [0.1, 0.15) is 46.4 Å². The molecule has 9 nitrogen and oxygen atoms in total. The molecule has 160 valence electrons. The summed E-state index contributed by atoms with van der Waals surface area (Å²) in [7, 11) is 1.50. The minimum Gasteiger partial charge on any atom is -0.462 e. The van der Waals surface area contributed by atoms with Crippen molar-refractivity contribution < 1.29 is 23.9 Å². The van der Waals surface area contributed by atoms with Crippen molar-refractivity contribution in [2.24, 2.45) is 5.92 Å². The minimum absolute atomic E-state index is 0.00475. The third kappa shape index (κ3) is 5.13. The molecule has 1 aromatic rings. The number of nitrogens with zero attached hydrogens (tertiary/aromatic N) is 1. The number of amides is 3. The highest BCUT2D eigenvalue weighted by Gasteiger charge is 2.34. The Bertz CT molecular complexity index is 805. The average molecular weight is 425 g/mol. The van der Waals surface area contributed by atoms with Crippen molar-refractivity contribution in [3.63, 3.8) is 0 Å². The Labute approximate surface area is 174 Å². The SMILES string of the molecule is CCOC(=O)c1c(NC(=O)CN2CCNC(=O)C2C(C)C)sc(C(=O)NC)c1C. The molecule has 3 amide bonds. The molecular weight excluding hydrogens is 396 g/mol. The van der Waals surface area contributed by atoms with Crippen molar-refractivity contribution in [1.82, 2.24) is 15.5 Å². The Kier molecular flexibility index (Phi) is 7.74. The zero-order valence-corrected chi connectivity index (χ0v) is 18.2. The van der Waals surface area contributed by atoms with Crippen LogP contribution >= 0.6 is 11.3 Å². The maximum Gasteiger partial charge on any atom is 0.341 e. The molecule has 3 N–H and O–H groups in total. The van der Waals surface area contributed by atoms with Gasteiger partial charge >= 0.3 is 5.97 Å². The van der Waals surface area contributed by atoms with Crippen LogP contribution in [-0.2, 0) is 14.3 Å². The average Bonchev–Trinajstić information content (AvgIpc) is 2.96. The van der Waals surface area contributed by atoms with Gasteiger partial charge in [0, 0.05) is 20.1 Å². The molecule has 1 unspecified atom stereocenters. The van der Waals surface area contributed by atoms with E-state index in [9.17, 15) is 19.2 Å². The number of rotatable bonds is 7. The van der Waals surface area contributed by atoms with Crippen LogP contribution in [0.25, 0.3) is 0 Å². The first kappa shape index (κ1) is 22.8. The van der Waals surface area contributed by atoms with E-state index in [1.165, 1.54) is 7.05 Å². The molecule has 2 heterocycles. The number of carbonyl (C=O) groups is 4. The fourth-order valence-corrected chi connectivity index (χ4v) is 4.52.